The summed E-state index contributed by atoms with van der Waals surface area (Å²) >= 11 is 0. The Labute approximate surface area is 215 Å². The Morgan fingerprint density at radius 1 is 0.973 bits per heavy atom. The number of anilines is 1. The van der Waals surface area contributed by atoms with E-state index >= 15 is 0 Å². The number of nitrogens with zero attached hydrogens (tertiary/aromatic N) is 5. The maximum Gasteiger partial charge on any atom is 0.226 e. The standard InChI is InChI=1S/C29H27N7O/c1-17(2)29(37)34-22-12-20(14-32-16-22)21-13-24(18(3)33-15-21)27(30-4)28-35-25-7-5-6-23(26(25)36-28)19-8-10-31-11-9-19/h5-17H,1-4H3,(H,34,37)(H,35,36)/b30-27+. The molecule has 5 aromatic rings. The van der Waals surface area contributed by atoms with Crippen LogP contribution in [0.4, 0.5) is 5.69 Å². The highest BCUT2D eigenvalue weighted by Crippen LogP contribution is 2.29. The fraction of sp³-hybridized carbons (Fsp3) is 0.172. The Morgan fingerprint density at radius 2 is 1.76 bits per heavy atom. The average Bonchev–Trinajstić information content (AvgIpc) is 3.35. The van der Waals surface area contributed by atoms with Gasteiger partial charge < -0.3 is 10.3 Å². The van der Waals surface area contributed by atoms with Crippen molar-refractivity contribution in [3.8, 4) is 22.3 Å². The number of aryl methyl sites for hydroxylation is 1. The Balaban J connectivity index is 1.54. The second-order valence-electron chi connectivity index (χ2n) is 9.06. The third-order valence-electron chi connectivity index (χ3n) is 6.16. The predicted octanol–water partition coefficient (Wildman–Crippen LogP) is 5.45. The topological polar surface area (TPSA) is 109 Å². The van der Waals surface area contributed by atoms with Gasteiger partial charge in [0.1, 0.15) is 5.71 Å². The van der Waals surface area contributed by atoms with Crippen molar-refractivity contribution in [2.75, 3.05) is 12.4 Å². The molecule has 37 heavy (non-hydrogen) atoms. The molecule has 0 bridgehead atoms. The van der Waals surface area contributed by atoms with Crippen LogP contribution < -0.4 is 5.32 Å². The number of amides is 1. The van der Waals surface area contributed by atoms with Gasteiger partial charge in [0.25, 0.3) is 0 Å². The smallest absolute Gasteiger partial charge is 0.226 e. The SMILES string of the molecule is C/N=C(/c1nc2c(-c3ccncc3)cccc2[nH]1)c1cc(-c2cncc(NC(=O)C(C)C)c2)cnc1C. The molecule has 0 aliphatic rings. The number of carbonyl (C=O) groups is 1. The van der Waals surface area contributed by atoms with E-state index in [9.17, 15) is 4.79 Å². The first kappa shape index (κ1) is 24.0. The number of rotatable bonds is 6. The lowest BCUT2D eigenvalue weighted by atomic mass is 10.0. The van der Waals surface area contributed by atoms with Gasteiger partial charge in [-0.1, -0.05) is 26.0 Å². The van der Waals surface area contributed by atoms with Gasteiger partial charge in [-0.15, -0.1) is 0 Å². The minimum Gasteiger partial charge on any atom is -0.337 e. The van der Waals surface area contributed by atoms with Crippen LogP contribution in [0.3, 0.4) is 0 Å². The Bertz CT molecular complexity index is 1620. The molecule has 1 aromatic carbocycles. The van der Waals surface area contributed by atoms with E-state index in [1.807, 2.05) is 57.2 Å². The third kappa shape index (κ3) is 4.86. The molecule has 5 rings (SSSR count). The predicted molar refractivity (Wildman–Crippen MR) is 147 cm³/mol. The number of nitrogens with one attached hydrogen (secondary N) is 2. The van der Waals surface area contributed by atoms with E-state index in [1.54, 1.807) is 38.0 Å². The van der Waals surface area contributed by atoms with Crippen molar-refractivity contribution in [3.63, 3.8) is 0 Å². The first-order valence-corrected chi connectivity index (χ1v) is 12.0. The number of benzene rings is 1. The molecule has 4 heterocycles. The van der Waals surface area contributed by atoms with Crippen LogP contribution in [-0.2, 0) is 4.79 Å². The van der Waals surface area contributed by atoms with Crippen LogP contribution >= 0.6 is 0 Å². The van der Waals surface area contributed by atoms with E-state index in [4.69, 9.17) is 4.98 Å². The van der Waals surface area contributed by atoms with E-state index < -0.39 is 0 Å². The molecular formula is C29H27N7O. The lowest BCUT2D eigenvalue weighted by Crippen LogP contribution is -2.17. The van der Waals surface area contributed by atoms with Crippen molar-refractivity contribution >= 4 is 28.3 Å². The van der Waals surface area contributed by atoms with Crippen LogP contribution in [0.25, 0.3) is 33.3 Å². The highest BCUT2D eigenvalue weighted by Gasteiger charge is 2.18. The molecule has 0 radical (unpaired) electrons. The zero-order valence-electron chi connectivity index (χ0n) is 21.1. The van der Waals surface area contributed by atoms with E-state index in [-0.39, 0.29) is 11.8 Å². The Hall–Kier alpha value is -4.72. The maximum atomic E-state index is 12.2. The van der Waals surface area contributed by atoms with Crippen molar-refractivity contribution < 1.29 is 4.79 Å². The highest BCUT2D eigenvalue weighted by atomic mass is 16.1. The number of imidazole rings is 1. The molecule has 0 saturated carbocycles. The highest BCUT2D eigenvalue weighted by molar-refractivity contribution is 6.13. The molecule has 184 valence electrons. The molecule has 4 aromatic heterocycles. The fourth-order valence-corrected chi connectivity index (χ4v) is 4.15. The van der Waals surface area contributed by atoms with Gasteiger partial charge in [-0.25, -0.2) is 4.98 Å². The number of aromatic nitrogens is 5. The number of hydrogen-bond acceptors (Lipinski definition) is 6. The number of carbonyl (C=O) groups excluding carboxylic acids is 1. The largest absolute Gasteiger partial charge is 0.337 e. The fourth-order valence-electron chi connectivity index (χ4n) is 4.15. The Kier molecular flexibility index (Phi) is 6.55. The molecule has 0 aliphatic heterocycles. The van der Waals surface area contributed by atoms with Gasteiger partial charge >= 0.3 is 0 Å². The summed E-state index contributed by atoms with van der Waals surface area (Å²) in [6.45, 7) is 5.66. The first-order chi connectivity index (χ1) is 17.9. The lowest BCUT2D eigenvalue weighted by molar-refractivity contribution is -0.118. The molecule has 0 saturated heterocycles. The quantitative estimate of drug-likeness (QED) is 0.308. The van der Waals surface area contributed by atoms with Gasteiger partial charge in [-0.3, -0.25) is 24.7 Å². The summed E-state index contributed by atoms with van der Waals surface area (Å²) in [6.07, 6.45) is 8.75. The van der Waals surface area contributed by atoms with Gasteiger partial charge in [0.2, 0.25) is 5.91 Å². The first-order valence-electron chi connectivity index (χ1n) is 12.0. The molecule has 8 nitrogen and oxygen atoms in total. The zero-order chi connectivity index (χ0) is 25.9. The van der Waals surface area contributed by atoms with Crippen LogP contribution in [0.15, 0.2) is 78.4 Å². The molecule has 1 amide bonds. The van der Waals surface area contributed by atoms with E-state index in [1.165, 1.54) is 0 Å². The van der Waals surface area contributed by atoms with Crippen LogP contribution in [0.2, 0.25) is 0 Å². The van der Waals surface area contributed by atoms with Crippen molar-refractivity contribution in [2.24, 2.45) is 10.9 Å². The Morgan fingerprint density at radius 3 is 2.51 bits per heavy atom. The number of pyridine rings is 3. The number of aromatic amines is 1. The summed E-state index contributed by atoms with van der Waals surface area (Å²) in [5.74, 6) is 0.484. The van der Waals surface area contributed by atoms with Crippen molar-refractivity contribution in [2.45, 2.75) is 20.8 Å². The van der Waals surface area contributed by atoms with Gasteiger partial charge in [0.15, 0.2) is 5.82 Å². The number of hydrogen-bond donors (Lipinski definition) is 2. The van der Waals surface area contributed by atoms with Gasteiger partial charge in [-0.05, 0) is 42.8 Å². The number of aliphatic imine (C=N–C) groups is 1. The zero-order valence-corrected chi connectivity index (χ0v) is 21.1. The summed E-state index contributed by atoms with van der Waals surface area (Å²) in [4.78, 5) is 38.2. The summed E-state index contributed by atoms with van der Waals surface area (Å²) < 4.78 is 0. The molecular weight excluding hydrogens is 462 g/mol. The summed E-state index contributed by atoms with van der Waals surface area (Å²) in [6, 6.07) is 13.9. The molecule has 0 atom stereocenters. The summed E-state index contributed by atoms with van der Waals surface area (Å²) in [7, 11) is 1.75. The van der Waals surface area contributed by atoms with Crippen LogP contribution in [-0.4, -0.2) is 43.6 Å². The molecule has 8 heteroatoms. The normalized spacial score (nSPS) is 11.8. The van der Waals surface area contributed by atoms with Crippen LogP contribution in [0.1, 0.15) is 30.9 Å². The molecule has 0 fully saturated rings. The number of fused-ring (bicyclic) bond motifs is 1. The van der Waals surface area contributed by atoms with Crippen molar-refractivity contribution in [3.05, 3.63) is 90.5 Å². The van der Waals surface area contributed by atoms with Crippen molar-refractivity contribution in [1.29, 1.82) is 0 Å². The summed E-state index contributed by atoms with van der Waals surface area (Å²) in [5.41, 5.74) is 8.61. The maximum absolute atomic E-state index is 12.2. The van der Waals surface area contributed by atoms with Crippen LogP contribution in [0, 0.1) is 12.8 Å². The molecule has 2 N–H and O–H groups in total. The third-order valence-corrected chi connectivity index (χ3v) is 6.16. The van der Waals surface area contributed by atoms with Gasteiger partial charge in [0, 0.05) is 65.7 Å². The second-order valence-corrected chi connectivity index (χ2v) is 9.06. The number of para-hydroxylation sites is 1. The van der Waals surface area contributed by atoms with Crippen molar-refractivity contribution in [1.82, 2.24) is 24.9 Å². The summed E-state index contributed by atoms with van der Waals surface area (Å²) in [5, 5.41) is 2.91. The van der Waals surface area contributed by atoms with E-state index in [2.05, 4.69) is 36.3 Å². The molecule has 0 unspecified atom stereocenters. The monoisotopic (exact) mass is 489 g/mol. The lowest BCUT2D eigenvalue weighted by Gasteiger charge is -2.11. The second kappa shape index (κ2) is 10.1. The minimum atomic E-state index is -0.123. The van der Waals surface area contributed by atoms with Gasteiger partial charge in [0.05, 0.1) is 22.9 Å². The number of H-pyrrole nitrogens is 1. The average molecular weight is 490 g/mol. The van der Waals surface area contributed by atoms with Gasteiger partial charge in [-0.2, -0.15) is 0 Å². The van der Waals surface area contributed by atoms with E-state index in [0.717, 1.165) is 44.5 Å². The minimum absolute atomic E-state index is 0.0573. The van der Waals surface area contributed by atoms with Crippen LogP contribution in [0.5, 0.6) is 0 Å². The molecule has 0 aliphatic carbocycles. The van der Waals surface area contributed by atoms with E-state index in [0.29, 0.717) is 17.2 Å². The molecule has 0 spiro atoms.